The molecule has 9 heteroatoms. The fourth-order valence-electron chi connectivity index (χ4n) is 7.44. The minimum atomic E-state index is -0.260. The van der Waals surface area contributed by atoms with Crippen LogP contribution < -0.4 is 27.3 Å². The molecule has 9 rings (SSSR count). The van der Waals surface area contributed by atoms with Gasteiger partial charge in [0.1, 0.15) is 61.9 Å². The molecule has 0 fully saturated rings. The van der Waals surface area contributed by atoms with Gasteiger partial charge < -0.3 is 14.6 Å². The summed E-state index contributed by atoms with van der Waals surface area (Å²) in [5, 5.41) is 31.1. The average molecular weight is 627 g/mol. The highest BCUT2D eigenvalue weighted by Crippen LogP contribution is 2.49. The van der Waals surface area contributed by atoms with Crippen molar-refractivity contribution in [3.63, 3.8) is 0 Å². The van der Waals surface area contributed by atoms with Crippen molar-refractivity contribution in [2.24, 2.45) is 0 Å². The number of hydrogen-bond donors (Lipinski definition) is 2. The van der Waals surface area contributed by atoms with Gasteiger partial charge in [0, 0.05) is 32.5 Å². The third kappa shape index (κ3) is 4.46. The number of aromatic hydroxyl groups is 2. The van der Waals surface area contributed by atoms with E-state index in [1.165, 1.54) is 12.9 Å². The SMILES string of the molecule is [B]C.[B]c1cc([B])c2c(-c3ccc4oc5c6ccccc6ccc5c4c3)c3c([B])c([B])c([B])c(O)c3c(-c3cccc4ccccc34)c2c1O. The number of hydrogen-bond acceptors (Lipinski definition) is 3. The Kier molecular flexibility index (Phi) is 7.56. The second-order valence-electron chi connectivity index (χ2n) is 12.2. The average Bonchev–Trinajstić information content (AvgIpc) is 3.53. The first kappa shape index (κ1) is 31.8. The molecule has 222 valence electrons. The third-order valence-corrected chi connectivity index (χ3v) is 9.66. The maximum Gasteiger partial charge on any atom is 0.143 e. The van der Waals surface area contributed by atoms with Crippen molar-refractivity contribution in [2.45, 2.75) is 6.82 Å². The molecule has 2 N–H and O–H groups in total. The van der Waals surface area contributed by atoms with E-state index < -0.39 is 0 Å². The van der Waals surface area contributed by atoms with Crippen molar-refractivity contribution in [3.05, 3.63) is 103 Å². The predicted molar refractivity (Wildman–Crippen MR) is 217 cm³/mol. The van der Waals surface area contributed by atoms with Crippen molar-refractivity contribution < 1.29 is 14.6 Å². The number of phenolic OH excluding ortho intramolecular Hbond substituents is 2. The van der Waals surface area contributed by atoms with Gasteiger partial charge in [-0.05, 0) is 61.8 Å². The van der Waals surface area contributed by atoms with Crippen molar-refractivity contribution in [1.82, 2.24) is 0 Å². The summed E-state index contributed by atoms with van der Waals surface area (Å²) in [7, 11) is 37.5. The van der Waals surface area contributed by atoms with Crippen LogP contribution in [0.25, 0.3) is 87.3 Å². The Morgan fingerprint density at radius 2 is 1.14 bits per heavy atom. The Hall–Kier alpha value is -5.41. The highest BCUT2D eigenvalue weighted by molar-refractivity contribution is 6.63. The van der Waals surface area contributed by atoms with Gasteiger partial charge in [0.25, 0.3) is 0 Å². The van der Waals surface area contributed by atoms with Gasteiger partial charge >= 0.3 is 0 Å². The summed E-state index contributed by atoms with van der Waals surface area (Å²) in [6.45, 7) is 1.50. The maximum absolute atomic E-state index is 11.9. The maximum atomic E-state index is 11.9. The zero-order chi connectivity index (χ0) is 35.0. The van der Waals surface area contributed by atoms with Gasteiger partial charge in [0.15, 0.2) is 0 Å². The lowest BCUT2D eigenvalue weighted by atomic mass is 9.66. The zero-order valence-electron chi connectivity index (χ0n) is 27.1. The third-order valence-electron chi connectivity index (χ3n) is 9.66. The summed E-state index contributed by atoms with van der Waals surface area (Å²) < 4.78 is 6.40. The van der Waals surface area contributed by atoms with Crippen molar-refractivity contribution in [1.29, 1.82) is 0 Å². The van der Waals surface area contributed by atoms with E-state index in [9.17, 15) is 10.2 Å². The summed E-state index contributed by atoms with van der Waals surface area (Å²) in [4.78, 5) is 0. The molecule has 0 spiro atoms. The van der Waals surface area contributed by atoms with Gasteiger partial charge in [-0.2, -0.15) is 0 Å². The molecule has 0 saturated heterocycles. The molecular weight excluding hydrogens is 605 g/mol. The molecule has 0 bridgehead atoms. The first-order valence-electron chi connectivity index (χ1n) is 16.0. The van der Waals surface area contributed by atoms with E-state index in [4.69, 9.17) is 43.6 Å². The summed E-state index contributed by atoms with van der Waals surface area (Å²) in [5.74, 6) is -0.440. The van der Waals surface area contributed by atoms with Gasteiger partial charge in [-0.1, -0.05) is 114 Å². The van der Waals surface area contributed by atoms with Crippen LogP contribution in [0.3, 0.4) is 0 Å². The second kappa shape index (κ2) is 11.9. The lowest BCUT2D eigenvalue weighted by Crippen LogP contribution is -2.39. The fraction of sp³-hybridized carbons (Fsp3) is 0.0244. The predicted octanol–water partition coefficient (Wildman–Crippen LogP) is 5.12. The quantitative estimate of drug-likeness (QED) is 0.207. The Balaban J connectivity index is 0.00000177. The molecule has 0 saturated carbocycles. The van der Waals surface area contributed by atoms with E-state index in [-0.39, 0.29) is 33.4 Å². The Bertz CT molecular complexity index is 2870. The molecule has 0 aliphatic heterocycles. The van der Waals surface area contributed by atoms with E-state index in [1.54, 1.807) is 0 Å². The molecule has 9 aromatic rings. The summed E-state index contributed by atoms with van der Waals surface area (Å²) in [6.07, 6.45) is 0. The van der Waals surface area contributed by atoms with Crippen LogP contribution in [-0.4, -0.2) is 57.3 Å². The van der Waals surface area contributed by atoms with E-state index in [2.05, 4.69) is 20.0 Å². The zero-order valence-corrected chi connectivity index (χ0v) is 27.1. The standard InChI is InChI=1S/C40H19B5O3.CH3B/c41-26-17-27(42)38(46)33-30(23-11-5-8-18-6-1-3-9-21(18)23)34-32(35(43)36(44)37(45)39(34)47)29(31(26)33)20-13-15-28-25(16-20)24-14-12-19-7-2-4-10-22(19)40(24)48-28;1-2/h1-17,46-47H;1H3. The molecule has 0 aliphatic rings. The number of furan rings is 1. The Morgan fingerprint density at radius 3 is 1.90 bits per heavy atom. The van der Waals surface area contributed by atoms with Gasteiger partial charge in [-0.3, -0.25) is 0 Å². The topological polar surface area (TPSA) is 53.6 Å². The number of phenols is 2. The molecular formula is C41H22B6O3. The van der Waals surface area contributed by atoms with Gasteiger partial charge in [0.2, 0.25) is 0 Å². The van der Waals surface area contributed by atoms with Crippen molar-refractivity contribution in [3.8, 4) is 33.8 Å². The molecule has 0 amide bonds. The van der Waals surface area contributed by atoms with E-state index in [0.717, 1.165) is 43.5 Å². The first-order valence-corrected chi connectivity index (χ1v) is 16.0. The van der Waals surface area contributed by atoms with Crippen LogP contribution in [0.15, 0.2) is 108 Å². The lowest BCUT2D eigenvalue weighted by molar-refractivity contribution is 0.485. The molecule has 0 aliphatic carbocycles. The van der Waals surface area contributed by atoms with Crippen LogP contribution in [0.4, 0.5) is 0 Å². The van der Waals surface area contributed by atoms with Gasteiger partial charge in [-0.15, -0.1) is 5.46 Å². The highest BCUT2D eigenvalue weighted by Gasteiger charge is 2.27. The molecule has 1 heterocycles. The van der Waals surface area contributed by atoms with Crippen molar-refractivity contribution in [2.75, 3.05) is 0 Å². The minimum absolute atomic E-state index is 0.0454. The second-order valence-corrected chi connectivity index (χ2v) is 12.2. The summed E-state index contributed by atoms with van der Waals surface area (Å²) in [6, 6.07) is 33.2. The van der Waals surface area contributed by atoms with Crippen LogP contribution in [0.2, 0.25) is 6.82 Å². The van der Waals surface area contributed by atoms with Crippen molar-refractivity contribution >= 4 is 139 Å². The lowest BCUT2D eigenvalue weighted by Gasteiger charge is -2.26. The smallest absolute Gasteiger partial charge is 0.143 e. The van der Waals surface area contributed by atoms with E-state index in [1.807, 2.05) is 84.9 Å². The monoisotopic (exact) mass is 628 g/mol. The fourth-order valence-corrected chi connectivity index (χ4v) is 7.44. The molecule has 1 aromatic heterocycles. The normalized spacial score (nSPS) is 11.5. The van der Waals surface area contributed by atoms with Gasteiger partial charge in [0.05, 0.1) is 7.85 Å². The molecule has 50 heavy (non-hydrogen) atoms. The van der Waals surface area contributed by atoms with E-state index >= 15 is 0 Å². The van der Waals surface area contributed by atoms with Crippen LogP contribution in [0.5, 0.6) is 11.5 Å². The van der Waals surface area contributed by atoms with E-state index in [0.29, 0.717) is 49.3 Å². The summed E-state index contributed by atoms with van der Waals surface area (Å²) >= 11 is 0. The summed E-state index contributed by atoms with van der Waals surface area (Å²) in [5.41, 5.74) is 4.52. The number of rotatable bonds is 2. The molecule has 3 nitrogen and oxygen atoms in total. The van der Waals surface area contributed by atoms with Crippen LogP contribution in [0.1, 0.15) is 0 Å². The molecule has 0 unspecified atom stereocenters. The van der Waals surface area contributed by atoms with Crippen LogP contribution in [0, 0.1) is 0 Å². The first-order chi connectivity index (χ1) is 24.2. The van der Waals surface area contributed by atoms with Crippen LogP contribution >= 0.6 is 0 Å². The highest BCUT2D eigenvalue weighted by atomic mass is 16.3. The Morgan fingerprint density at radius 1 is 0.480 bits per heavy atom. The van der Waals surface area contributed by atoms with Gasteiger partial charge in [-0.25, -0.2) is 0 Å². The Labute approximate surface area is 296 Å². The largest absolute Gasteiger partial charge is 0.508 e. The van der Waals surface area contributed by atoms with Crippen LogP contribution in [-0.2, 0) is 0 Å². The molecule has 8 aromatic carbocycles. The number of benzene rings is 8. The number of fused-ring (bicyclic) bond motifs is 8. The minimum Gasteiger partial charge on any atom is -0.508 e. The molecule has 12 radical (unpaired) electrons. The molecule has 0 atom stereocenters.